The number of benzene rings is 2. The van der Waals surface area contributed by atoms with Crippen LogP contribution >= 0.6 is 0 Å². The van der Waals surface area contributed by atoms with Crippen molar-refractivity contribution < 1.29 is 9.13 Å². The van der Waals surface area contributed by atoms with Gasteiger partial charge in [0.05, 0.1) is 22.8 Å². The minimum Gasteiger partial charge on any atom is -0.367 e. The quantitative estimate of drug-likeness (QED) is 0.707. The maximum Gasteiger partial charge on any atom is 0.150 e. The van der Waals surface area contributed by atoms with Crippen molar-refractivity contribution in [2.24, 2.45) is 0 Å². The number of fused-ring (bicyclic) bond motifs is 1. The van der Waals surface area contributed by atoms with Gasteiger partial charge in [-0.1, -0.05) is 24.3 Å². The van der Waals surface area contributed by atoms with Gasteiger partial charge in [0.15, 0.2) is 5.82 Å². The lowest BCUT2D eigenvalue weighted by atomic mass is 10.1. The average Bonchev–Trinajstić information content (AvgIpc) is 2.61. The van der Waals surface area contributed by atoms with Crippen LogP contribution in [0.1, 0.15) is 24.3 Å². The predicted octanol–water partition coefficient (Wildman–Crippen LogP) is 4.04. The van der Waals surface area contributed by atoms with Crippen LogP contribution in [-0.4, -0.2) is 29.2 Å². The summed E-state index contributed by atoms with van der Waals surface area (Å²) >= 11 is 0. The molecule has 1 aliphatic heterocycles. The van der Waals surface area contributed by atoms with Gasteiger partial charge < -0.3 is 9.64 Å². The summed E-state index contributed by atoms with van der Waals surface area (Å²) in [6.45, 7) is 5.46. The number of rotatable bonds is 2. The summed E-state index contributed by atoms with van der Waals surface area (Å²) in [4.78, 5) is 11.7. The zero-order valence-corrected chi connectivity index (χ0v) is 14.3. The van der Waals surface area contributed by atoms with E-state index in [0.717, 1.165) is 34.7 Å². The number of hydrogen-bond donors (Lipinski definition) is 0. The fourth-order valence-electron chi connectivity index (χ4n) is 3.36. The number of ether oxygens (including phenoxy) is 1. The molecule has 0 N–H and O–H groups in total. The van der Waals surface area contributed by atoms with Crippen LogP contribution in [0.15, 0.2) is 48.5 Å². The van der Waals surface area contributed by atoms with E-state index in [4.69, 9.17) is 14.7 Å². The van der Waals surface area contributed by atoms with E-state index in [1.165, 1.54) is 12.1 Å². The van der Waals surface area contributed by atoms with Crippen LogP contribution in [0.5, 0.6) is 0 Å². The molecule has 1 fully saturated rings. The molecule has 2 atom stereocenters. The van der Waals surface area contributed by atoms with Crippen LogP contribution in [0.3, 0.4) is 0 Å². The molecule has 4 rings (SSSR count). The number of morpholine rings is 1. The summed E-state index contributed by atoms with van der Waals surface area (Å²) < 4.78 is 19.3. The molecule has 0 aliphatic carbocycles. The Bertz CT molecular complexity index is 897. The molecular weight excluding hydrogens is 317 g/mol. The minimum absolute atomic E-state index is 0.0523. The lowest BCUT2D eigenvalue weighted by molar-refractivity contribution is -0.0176. The van der Waals surface area contributed by atoms with Gasteiger partial charge in [-0.3, -0.25) is 0 Å². The summed E-state index contributed by atoms with van der Waals surface area (Å²) in [6, 6.07) is 14.4. The second kappa shape index (κ2) is 6.41. The number of anilines is 1. The van der Waals surface area contributed by atoms with E-state index in [9.17, 15) is 4.39 Å². The first-order chi connectivity index (χ1) is 12.1. The molecule has 0 radical (unpaired) electrons. The number of aryl methyl sites for hydroxylation is 1. The first-order valence-electron chi connectivity index (χ1n) is 8.49. The van der Waals surface area contributed by atoms with E-state index in [1.54, 1.807) is 12.1 Å². The molecule has 25 heavy (non-hydrogen) atoms. The Labute approximate surface area is 146 Å². The highest BCUT2D eigenvalue weighted by Gasteiger charge is 2.28. The third kappa shape index (κ3) is 3.20. The molecule has 2 aromatic carbocycles. The van der Waals surface area contributed by atoms with Gasteiger partial charge in [0.1, 0.15) is 11.9 Å². The zero-order chi connectivity index (χ0) is 17.4. The van der Waals surface area contributed by atoms with Gasteiger partial charge in [0.2, 0.25) is 0 Å². The highest BCUT2D eigenvalue weighted by molar-refractivity contribution is 5.76. The highest BCUT2D eigenvalue weighted by atomic mass is 19.1. The van der Waals surface area contributed by atoms with E-state index < -0.39 is 0 Å². The van der Waals surface area contributed by atoms with Crippen LogP contribution in [-0.2, 0) is 4.74 Å². The van der Waals surface area contributed by atoms with Crippen molar-refractivity contribution in [3.8, 4) is 0 Å². The van der Waals surface area contributed by atoms with Crippen molar-refractivity contribution in [1.29, 1.82) is 0 Å². The standard InChI is InChI=1S/C20H20FN3O/c1-13-11-24(12-19(25-13)15-7-9-16(21)10-8-15)20-14(2)22-17-5-3-4-6-18(17)23-20/h3-10,13,19H,11-12H2,1-2H3. The number of para-hydroxylation sites is 2. The first-order valence-corrected chi connectivity index (χ1v) is 8.49. The summed E-state index contributed by atoms with van der Waals surface area (Å²) in [5.74, 6) is 0.654. The van der Waals surface area contributed by atoms with Crippen molar-refractivity contribution in [3.05, 3.63) is 65.6 Å². The molecule has 0 saturated carbocycles. The normalized spacial score (nSPS) is 20.8. The fourth-order valence-corrected chi connectivity index (χ4v) is 3.36. The van der Waals surface area contributed by atoms with E-state index in [-0.39, 0.29) is 18.0 Å². The number of nitrogens with zero attached hydrogens (tertiary/aromatic N) is 3. The summed E-state index contributed by atoms with van der Waals surface area (Å²) in [7, 11) is 0. The summed E-state index contributed by atoms with van der Waals surface area (Å²) in [6.07, 6.45) is -0.0616. The molecule has 0 bridgehead atoms. The molecule has 2 unspecified atom stereocenters. The lowest BCUT2D eigenvalue weighted by Gasteiger charge is -2.38. The van der Waals surface area contributed by atoms with Gasteiger partial charge in [-0.2, -0.15) is 0 Å². The van der Waals surface area contributed by atoms with Crippen molar-refractivity contribution in [2.75, 3.05) is 18.0 Å². The Balaban J connectivity index is 1.67. The number of hydrogen-bond acceptors (Lipinski definition) is 4. The fraction of sp³-hybridized carbons (Fsp3) is 0.300. The molecule has 2 heterocycles. The van der Waals surface area contributed by atoms with Crippen LogP contribution in [0, 0.1) is 12.7 Å². The Kier molecular flexibility index (Phi) is 4.09. The Hall–Kier alpha value is -2.53. The van der Waals surface area contributed by atoms with Crippen LogP contribution < -0.4 is 4.90 Å². The minimum atomic E-state index is -0.235. The molecule has 128 valence electrons. The van der Waals surface area contributed by atoms with Gasteiger partial charge >= 0.3 is 0 Å². The SMILES string of the molecule is Cc1nc2ccccc2nc1N1CC(C)OC(c2ccc(F)cc2)C1. The van der Waals surface area contributed by atoms with Gasteiger partial charge in [-0.15, -0.1) is 0 Å². The zero-order valence-electron chi connectivity index (χ0n) is 14.3. The molecule has 5 heteroatoms. The Morgan fingerprint density at radius 2 is 1.68 bits per heavy atom. The van der Waals surface area contributed by atoms with E-state index in [0.29, 0.717) is 6.54 Å². The van der Waals surface area contributed by atoms with Crippen LogP contribution in [0.4, 0.5) is 10.2 Å². The predicted molar refractivity (Wildman–Crippen MR) is 96.2 cm³/mol. The number of aromatic nitrogens is 2. The molecule has 0 amide bonds. The van der Waals surface area contributed by atoms with Crippen molar-refractivity contribution in [3.63, 3.8) is 0 Å². The van der Waals surface area contributed by atoms with E-state index in [1.807, 2.05) is 38.1 Å². The van der Waals surface area contributed by atoms with Gasteiger partial charge in [0, 0.05) is 13.1 Å². The van der Waals surface area contributed by atoms with Crippen LogP contribution in [0.25, 0.3) is 11.0 Å². The van der Waals surface area contributed by atoms with Gasteiger partial charge in [0.25, 0.3) is 0 Å². The van der Waals surface area contributed by atoms with E-state index >= 15 is 0 Å². The number of halogens is 1. The maximum absolute atomic E-state index is 13.2. The molecule has 1 aromatic heterocycles. The van der Waals surface area contributed by atoms with Gasteiger partial charge in [-0.05, 0) is 43.7 Å². The maximum atomic E-state index is 13.2. The van der Waals surface area contributed by atoms with Crippen LogP contribution in [0.2, 0.25) is 0 Å². The van der Waals surface area contributed by atoms with Crippen molar-refractivity contribution >= 4 is 16.9 Å². The second-order valence-electron chi connectivity index (χ2n) is 6.51. The second-order valence-corrected chi connectivity index (χ2v) is 6.51. The summed E-state index contributed by atoms with van der Waals surface area (Å²) in [5, 5.41) is 0. The molecule has 3 aromatic rings. The molecule has 0 spiro atoms. The average molecular weight is 337 g/mol. The first kappa shape index (κ1) is 16.0. The van der Waals surface area contributed by atoms with Crippen molar-refractivity contribution in [1.82, 2.24) is 9.97 Å². The Morgan fingerprint density at radius 3 is 2.40 bits per heavy atom. The van der Waals surface area contributed by atoms with Crippen molar-refractivity contribution in [2.45, 2.75) is 26.1 Å². The monoisotopic (exact) mass is 337 g/mol. The molecular formula is C20H20FN3O. The highest BCUT2D eigenvalue weighted by Crippen LogP contribution is 2.30. The smallest absolute Gasteiger partial charge is 0.150 e. The van der Waals surface area contributed by atoms with Gasteiger partial charge in [-0.25, -0.2) is 14.4 Å². The Morgan fingerprint density at radius 1 is 1.00 bits per heavy atom. The molecule has 1 saturated heterocycles. The van der Waals surface area contributed by atoms with E-state index in [2.05, 4.69) is 4.90 Å². The molecule has 1 aliphatic rings. The summed E-state index contributed by atoms with van der Waals surface area (Å²) in [5.41, 5.74) is 3.68. The largest absolute Gasteiger partial charge is 0.367 e. The lowest BCUT2D eigenvalue weighted by Crippen LogP contribution is -2.43. The molecule has 4 nitrogen and oxygen atoms in total. The third-order valence-corrected chi connectivity index (χ3v) is 4.52. The third-order valence-electron chi connectivity index (χ3n) is 4.52. The topological polar surface area (TPSA) is 38.2 Å².